The Morgan fingerprint density at radius 2 is 1.94 bits per heavy atom. The Hall–Kier alpha value is -2.45. The first-order valence-electron chi connectivity index (χ1n) is 12.5. The summed E-state index contributed by atoms with van der Waals surface area (Å²) in [4.78, 5) is 42.2. The van der Waals surface area contributed by atoms with Gasteiger partial charge in [-0.05, 0) is 37.2 Å². The lowest BCUT2D eigenvalue weighted by Crippen LogP contribution is -2.58. The second-order valence-electron chi connectivity index (χ2n) is 10.3. The summed E-state index contributed by atoms with van der Waals surface area (Å²) < 4.78 is 6.42. The van der Waals surface area contributed by atoms with Crippen LogP contribution in [0.1, 0.15) is 52.0 Å². The summed E-state index contributed by atoms with van der Waals surface area (Å²) in [7, 11) is 0. The molecule has 3 heterocycles. The van der Waals surface area contributed by atoms with E-state index in [1.807, 2.05) is 51.1 Å². The van der Waals surface area contributed by atoms with Crippen LogP contribution >= 0.6 is 0 Å². The van der Waals surface area contributed by atoms with Crippen molar-refractivity contribution < 1.29 is 24.2 Å². The average Bonchev–Trinajstić information content (AvgIpc) is 3.47. The van der Waals surface area contributed by atoms with Crippen LogP contribution in [-0.2, 0) is 25.7 Å². The van der Waals surface area contributed by atoms with Crippen LogP contribution in [0, 0.1) is 17.8 Å². The number of rotatable bonds is 10. The zero-order chi connectivity index (χ0) is 24.5. The quantitative estimate of drug-likeness (QED) is 0.481. The van der Waals surface area contributed by atoms with Gasteiger partial charge in [-0.25, -0.2) is 0 Å². The molecule has 3 aliphatic rings. The fraction of sp³-hybridized carbons (Fsp3) is 0.654. The van der Waals surface area contributed by atoms with Crippen LogP contribution in [0.25, 0.3) is 0 Å². The molecule has 3 saturated heterocycles. The summed E-state index contributed by atoms with van der Waals surface area (Å²) in [5.41, 5.74) is -0.0867. The minimum atomic E-state index is -1.04. The zero-order valence-corrected chi connectivity index (χ0v) is 20.3. The molecule has 0 aliphatic carbocycles. The lowest BCUT2D eigenvalue weighted by molar-refractivity contribution is -0.146. The zero-order valence-electron chi connectivity index (χ0n) is 20.3. The summed E-state index contributed by atoms with van der Waals surface area (Å²) in [6, 6.07) is 8.21. The third kappa shape index (κ3) is 4.22. The maximum Gasteiger partial charge on any atom is 0.246 e. The molecule has 8 heteroatoms. The summed E-state index contributed by atoms with van der Waals surface area (Å²) in [6.07, 6.45) is 2.17. The summed E-state index contributed by atoms with van der Waals surface area (Å²) in [6.45, 7) is 6.65. The van der Waals surface area contributed by atoms with Gasteiger partial charge < -0.3 is 25.4 Å². The van der Waals surface area contributed by atoms with Gasteiger partial charge in [0.25, 0.3) is 0 Å². The average molecular weight is 472 g/mol. The van der Waals surface area contributed by atoms with E-state index >= 15 is 0 Å². The van der Waals surface area contributed by atoms with Crippen molar-refractivity contribution in [3.05, 3.63) is 35.9 Å². The topological polar surface area (TPSA) is 108 Å². The second kappa shape index (κ2) is 10.0. The van der Waals surface area contributed by atoms with Gasteiger partial charge in [0.2, 0.25) is 17.7 Å². The Bertz CT molecular complexity index is 907. The van der Waals surface area contributed by atoms with Crippen LogP contribution in [0.4, 0.5) is 0 Å². The van der Waals surface area contributed by atoms with Gasteiger partial charge >= 0.3 is 0 Å². The maximum absolute atomic E-state index is 13.9. The molecule has 0 aromatic heterocycles. The second-order valence-corrected chi connectivity index (χ2v) is 10.3. The number of amides is 3. The number of aliphatic hydroxyl groups is 1. The van der Waals surface area contributed by atoms with Gasteiger partial charge in [-0.2, -0.15) is 0 Å². The molecule has 2 unspecified atom stereocenters. The van der Waals surface area contributed by atoms with E-state index in [0.717, 1.165) is 12.0 Å². The largest absolute Gasteiger partial charge is 0.394 e. The van der Waals surface area contributed by atoms with Crippen molar-refractivity contribution in [1.29, 1.82) is 0 Å². The van der Waals surface area contributed by atoms with Crippen molar-refractivity contribution in [2.24, 2.45) is 17.8 Å². The number of carbonyl (C=O) groups excluding carboxylic acids is 3. The Balaban J connectivity index is 1.67. The smallest absolute Gasteiger partial charge is 0.246 e. The van der Waals surface area contributed by atoms with Crippen molar-refractivity contribution in [3.8, 4) is 0 Å². The summed E-state index contributed by atoms with van der Waals surface area (Å²) in [5, 5.41) is 16.2. The van der Waals surface area contributed by atoms with Crippen molar-refractivity contribution in [2.45, 2.75) is 76.8 Å². The van der Waals surface area contributed by atoms with Gasteiger partial charge in [0.15, 0.2) is 0 Å². The molecule has 2 bridgehead atoms. The highest BCUT2D eigenvalue weighted by molar-refractivity contribution is 5.99. The molecule has 3 fully saturated rings. The van der Waals surface area contributed by atoms with Gasteiger partial charge in [0.05, 0.1) is 30.6 Å². The Morgan fingerprint density at radius 3 is 2.59 bits per heavy atom. The number of likely N-dealkylation sites (tertiary alicyclic amines) is 1. The molecule has 0 saturated carbocycles. The first-order chi connectivity index (χ1) is 16.3. The highest BCUT2D eigenvalue weighted by Gasteiger charge is 2.75. The number of nitrogens with zero attached hydrogens (tertiary/aromatic N) is 1. The fourth-order valence-electron chi connectivity index (χ4n) is 6.15. The number of benzene rings is 1. The van der Waals surface area contributed by atoms with Gasteiger partial charge in [-0.15, -0.1) is 0 Å². The number of nitrogens with one attached hydrogen (secondary N) is 2. The fourth-order valence-corrected chi connectivity index (χ4v) is 6.15. The monoisotopic (exact) mass is 471 g/mol. The van der Waals surface area contributed by atoms with E-state index in [0.29, 0.717) is 32.4 Å². The maximum atomic E-state index is 13.9. The van der Waals surface area contributed by atoms with Gasteiger partial charge in [0, 0.05) is 13.1 Å². The van der Waals surface area contributed by atoms with E-state index in [-0.39, 0.29) is 36.4 Å². The molecular formula is C26H37N3O5. The number of carbonyl (C=O) groups is 3. The van der Waals surface area contributed by atoms with Crippen molar-refractivity contribution >= 4 is 17.7 Å². The lowest BCUT2D eigenvalue weighted by atomic mass is 9.70. The van der Waals surface area contributed by atoms with Crippen LogP contribution in [0.3, 0.4) is 0 Å². The molecule has 4 rings (SSSR count). The molecule has 3 aliphatic heterocycles. The third-order valence-electron chi connectivity index (χ3n) is 7.50. The van der Waals surface area contributed by atoms with Gasteiger partial charge in [0.1, 0.15) is 11.6 Å². The molecule has 3 amide bonds. The molecule has 8 nitrogen and oxygen atoms in total. The molecule has 3 N–H and O–H groups in total. The summed E-state index contributed by atoms with van der Waals surface area (Å²) in [5.74, 6) is -1.83. The molecule has 1 spiro atoms. The molecule has 186 valence electrons. The van der Waals surface area contributed by atoms with E-state index in [1.54, 1.807) is 4.90 Å². The normalized spacial score (nSPS) is 30.5. The molecule has 6 atom stereocenters. The van der Waals surface area contributed by atoms with Crippen molar-refractivity contribution in [3.63, 3.8) is 0 Å². The number of aliphatic hydroxyl groups excluding tert-OH is 1. The standard InChI is InChI=1S/C26H37N3O5/c1-4-12-27-23(31)20-19-10-11-26(34-19)21(20)25(33)29(18(15-30)13-16(2)3)22(26)24(32)28-14-17-8-6-5-7-9-17/h5-9,16,18-22,30H,4,10-15H2,1-3H3,(H,27,31)(H,28,32)/t18-,19+,20-,21+,22?,26?/m1/s1. The predicted octanol–water partition coefficient (Wildman–Crippen LogP) is 1.61. The minimum Gasteiger partial charge on any atom is -0.394 e. The first kappa shape index (κ1) is 24.7. The van der Waals surface area contributed by atoms with Crippen LogP contribution in [0.15, 0.2) is 30.3 Å². The van der Waals surface area contributed by atoms with Gasteiger partial charge in [-0.1, -0.05) is 51.1 Å². The highest BCUT2D eigenvalue weighted by atomic mass is 16.5. The minimum absolute atomic E-state index is 0.179. The molecule has 34 heavy (non-hydrogen) atoms. The predicted molar refractivity (Wildman–Crippen MR) is 126 cm³/mol. The Kier molecular flexibility index (Phi) is 7.28. The molecular weight excluding hydrogens is 434 g/mol. The van der Waals surface area contributed by atoms with E-state index < -0.39 is 29.5 Å². The molecule has 1 aromatic rings. The van der Waals surface area contributed by atoms with Crippen LogP contribution in [0.5, 0.6) is 0 Å². The highest BCUT2D eigenvalue weighted by Crippen LogP contribution is 2.58. The van der Waals surface area contributed by atoms with Crippen LogP contribution < -0.4 is 10.6 Å². The SMILES string of the molecule is CCCNC(=O)[C@@H]1[C@@H]2CCC3(O2)C(C(=O)NCc2ccccc2)N([C@@H](CO)CC(C)C)C(=O)[C@H]13. The van der Waals surface area contributed by atoms with E-state index in [9.17, 15) is 19.5 Å². The molecule has 0 radical (unpaired) electrons. The Labute approximate surface area is 201 Å². The number of hydrogen-bond acceptors (Lipinski definition) is 5. The van der Waals surface area contributed by atoms with E-state index in [1.165, 1.54) is 0 Å². The third-order valence-corrected chi connectivity index (χ3v) is 7.50. The first-order valence-corrected chi connectivity index (χ1v) is 12.5. The van der Waals surface area contributed by atoms with Crippen LogP contribution in [0.2, 0.25) is 0 Å². The van der Waals surface area contributed by atoms with Gasteiger partial charge in [-0.3, -0.25) is 14.4 Å². The van der Waals surface area contributed by atoms with Crippen molar-refractivity contribution in [1.82, 2.24) is 15.5 Å². The number of hydrogen-bond donors (Lipinski definition) is 3. The summed E-state index contributed by atoms with van der Waals surface area (Å²) >= 11 is 0. The molecule has 1 aromatic carbocycles. The van der Waals surface area contributed by atoms with Crippen LogP contribution in [-0.4, -0.2) is 64.7 Å². The lowest BCUT2D eigenvalue weighted by Gasteiger charge is -2.37. The van der Waals surface area contributed by atoms with E-state index in [2.05, 4.69) is 10.6 Å². The number of fused-ring (bicyclic) bond motifs is 1. The van der Waals surface area contributed by atoms with E-state index in [4.69, 9.17) is 4.74 Å². The Morgan fingerprint density at radius 1 is 1.21 bits per heavy atom. The van der Waals surface area contributed by atoms with Crippen molar-refractivity contribution in [2.75, 3.05) is 13.2 Å². The number of ether oxygens (including phenoxy) is 1.